The van der Waals surface area contributed by atoms with Gasteiger partial charge in [-0.1, -0.05) is 78.9 Å². The lowest BCUT2D eigenvalue weighted by Gasteiger charge is -1.96. The maximum absolute atomic E-state index is 3.48. The highest BCUT2D eigenvalue weighted by Gasteiger charge is 2.07. The van der Waals surface area contributed by atoms with Crippen LogP contribution < -0.4 is 0 Å². The number of aromatic nitrogens is 2. The number of fused-ring (bicyclic) bond motifs is 1. The molecule has 2 aromatic carbocycles. The standard InChI is InChI=1S/C22H18N2/c1-3-7-17(8-4-1)11-13-19-20(24-21-15-16-23-22(19)21)14-12-18-9-5-2-6-10-18/h1-16,23-24H/b13-11+,14-12+. The number of aromatic amines is 2. The van der Waals surface area contributed by atoms with Gasteiger partial charge in [0.2, 0.25) is 0 Å². The summed E-state index contributed by atoms with van der Waals surface area (Å²) in [7, 11) is 0. The van der Waals surface area contributed by atoms with Crippen molar-refractivity contribution < 1.29 is 0 Å². The molecule has 0 saturated heterocycles. The molecular formula is C22H18N2. The Morgan fingerprint density at radius 3 is 1.92 bits per heavy atom. The van der Waals surface area contributed by atoms with Crippen LogP contribution >= 0.6 is 0 Å². The summed E-state index contributed by atoms with van der Waals surface area (Å²) in [5, 5.41) is 0. The third kappa shape index (κ3) is 2.95. The molecule has 0 aliphatic rings. The van der Waals surface area contributed by atoms with Gasteiger partial charge in [0.1, 0.15) is 0 Å². The molecular weight excluding hydrogens is 292 g/mol. The third-order valence-electron chi connectivity index (χ3n) is 4.06. The first-order valence-electron chi connectivity index (χ1n) is 8.05. The fourth-order valence-electron chi connectivity index (χ4n) is 2.84. The van der Waals surface area contributed by atoms with Crippen molar-refractivity contribution in [3.8, 4) is 0 Å². The summed E-state index contributed by atoms with van der Waals surface area (Å²) >= 11 is 0. The molecule has 0 spiro atoms. The van der Waals surface area contributed by atoms with E-state index in [2.05, 4.69) is 88.9 Å². The summed E-state index contributed by atoms with van der Waals surface area (Å²) in [6, 6.07) is 22.7. The summed E-state index contributed by atoms with van der Waals surface area (Å²) in [6.07, 6.45) is 10.5. The second-order valence-corrected chi connectivity index (χ2v) is 5.71. The molecule has 2 nitrogen and oxygen atoms in total. The quantitative estimate of drug-likeness (QED) is 0.475. The molecule has 4 rings (SSSR count). The van der Waals surface area contributed by atoms with E-state index < -0.39 is 0 Å². The molecule has 116 valence electrons. The van der Waals surface area contributed by atoms with E-state index in [9.17, 15) is 0 Å². The topological polar surface area (TPSA) is 31.6 Å². The van der Waals surface area contributed by atoms with E-state index in [0.717, 1.165) is 16.7 Å². The summed E-state index contributed by atoms with van der Waals surface area (Å²) in [6.45, 7) is 0. The molecule has 2 heterocycles. The van der Waals surface area contributed by atoms with Crippen molar-refractivity contribution in [1.29, 1.82) is 0 Å². The van der Waals surface area contributed by atoms with Gasteiger partial charge in [0.15, 0.2) is 0 Å². The van der Waals surface area contributed by atoms with Crippen LogP contribution in [0.25, 0.3) is 35.3 Å². The number of hydrogen-bond donors (Lipinski definition) is 2. The Bertz CT molecular complexity index is 986. The molecule has 0 radical (unpaired) electrons. The Kier molecular flexibility index (Phi) is 3.86. The van der Waals surface area contributed by atoms with Crippen molar-refractivity contribution >= 4 is 35.3 Å². The van der Waals surface area contributed by atoms with Crippen molar-refractivity contribution in [2.24, 2.45) is 0 Å². The van der Waals surface area contributed by atoms with Crippen molar-refractivity contribution in [3.05, 3.63) is 95.3 Å². The van der Waals surface area contributed by atoms with Crippen molar-refractivity contribution in [2.45, 2.75) is 0 Å². The smallest absolute Gasteiger partial charge is 0.0714 e. The minimum Gasteiger partial charge on any atom is -0.359 e. The number of benzene rings is 2. The molecule has 24 heavy (non-hydrogen) atoms. The van der Waals surface area contributed by atoms with Gasteiger partial charge < -0.3 is 9.97 Å². The van der Waals surface area contributed by atoms with E-state index in [4.69, 9.17) is 0 Å². The average Bonchev–Trinajstić information content (AvgIpc) is 3.21. The maximum atomic E-state index is 3.48. The summed E-state index contributed by atoms with van der Waals surface area (Å²) in [4.78, 5) is 6.81. The van der Waals surface area contributed by atoms with Crippen LogP contribution in [0.5, 0.6) is 0 Å². The van der Waals surface area contributed by atoms with Crippen molar-refractivity contribution in [3.63, 3.8) is 0 Å². The molecule has 0 atom stereocenters. The largest absolute Gasteiger partial charge is 0.359 e. The fraction of sp³-hybridized carbons (Fsp3) is 0. The van der Waals surface area contributed by atoms with Gasteiger partial charge in [-0.15, -0.1) is 0 Å². The van der Waals surface area contributed by atoms with E-state index in [1.165, 1.54) is 16.7 Å². The lowest BCUT2D eigenvalue weighted by molar-refractivity contribution is 1.41. The van der Waals surface area contributed by atoms with E-state index in [-0.39, 0.29) is 0 Å². The van der Waals surface area contributed by atoms with Crippen LogP contribution in [0.3, 0.4) is 0 Å². The molecule has 2 N–H and O–H groups in total. The average molecular weight is 310 g/mol. The van der Waals surface area contributed by atoms with Gasteiger partial charge in [0.05, 0.1) is 11.0 Å². The van der Waals surface area contributed by atoms with Crippen LogP contribution in [-0.2, 0) is 0 Å². The fourth-order valence-corrected chi connectivity index (χ4v) is 2.84. The van der Waals surface area contributed by atoms with Gasteiger partial charge >= 0.3 is 0 Å². The predicted molar refractivity (Wildman–Crippen MR) is 103 cm³/mol. The maximum Gasteiger partial charge on any atom is 0.0714 e. The Balaban J connectivity index is 1.72. The van der Waals surface area contributed by atoms with Gasteiger partial charge in [0.25, 0.3) is 0 Å². The first-order valence-corrected chi connectivity index (χ1v) is 8.05. The number of hydrogen-bond acceptors (Lipinski definition) is 0. The Morgan fingerprint density at radius 2 is 1.25 bits per heavy atom. The zero-order valence-corrected chi connectivity index (χ0v) is 13.2. The molecule has 0 unspecified atom stereocenters. The number of rotatable bonds is 4. The molecule has 2 heteroatoms. The third-order valence-corrected chi connectivity index (χ3v) is 4.06. The second kappa shape index (κ2) is 6.47. The molecule has 0 amide bonds. The SMILES string of the molecule is C(=C\c1[nH]c2cc[nH]c2c1/C=C/c1ccccc1)/c1ccccc1. The summed E-state index contributed by atoms with van der Waals surface area (Å²) in [5.74, 6) is 0. The monoisotopic (exact) mass is 310 g/mol. The highest BCUT2D eigenvalue weighted by Crippen LogP contribution is 2.25. The second-order valence-electron chi connectivity index (χ2n) is 5.71. The van der Waals surface area contributed by atoms with Gasteiger partial charge in [0, 0.05) is 17.5 Å². The lowest BCUT2D eigenvalue weighted by atomic mass is 10.1. The summed E-state index contributed by atoms with van der Waals surface area (Å²) in [5.41, 5.74) is 6.91. The molecule has 0 aliphatic heterocycles. The Morgan fingerprint density at radius 1 is 0.625 bits per heavy atom. The van der Waals surface area contributed by atoms with Crippen LogP contribution in [0.2, 0.25) is 0 Å². The zero-order chi connectivity index (χ0) is 16.2. The molecule has 0 saturated carbocycles. The van der Waals surface area contributed by atoms with Gasteiger partial charge in [-0.2, -0.15) is 0 Å². The molecule has 0 aliphatic carbocycles. The van der Waals surface area contributed by atoms with Crippen molar-refractivity contribution in [2.75, 3.05) is 0 Å². The molecule has 0 fully saturated rings. The highest BCUT2D eigenvalue weighted by atomic mass is 14.8. The molecule has 0 bridgehead atoms. The van der Waals surface area contributed by atoms with Gasteiger partial charge in [-0.25, -0.2) is 0 Å². The lowest BCUT2D eigenvalue weighted by Crippen LogP contribution is -1.78. The number of H-pyrrole nitrogens is 2. The molecule has 2 aromatic heterocycles. The predicted octanol–water partition coefficient (Wildman–Crippen LogP) is 5.84. The Labute approximate surface area is 141 Å². The normalized spacial score (nSPS) is 11.8. The van der Waals surface area contributed by atoms with Crippen LogP contribution in [-0.4, -0.2) is 9.97 Å². The summed E-state index contributed by atoms with van der Waals surface area (Å²) < 4.78 is 0. The van der Waals surface area contributed by atoms with Crippen LogP contribution in [0.4, 0.5) is 0 Å². The molecule has 4 aromatic rings. The minimum atomic E-state index is 1.10. The van der Waals surface area contributed by atoms with Crippen LogP contribution in [0.15, 0.2) is 72.9 Å². The van der Waals surface area contributed by atoms with Crippen LogP contribution in [0, 0.1) is 0 Å². The Hall–Kier alpha value is -3.26. The van der Waals surface area contributed by atoms with E-state index in [1.807, 2.05) is 18.3 Å². The zero-order valence-electron chi connectivity index (χ0n) is 13.2. The first kappa shape index (κ1) is 14.3. The first-order chi connectivity index (χ1) is 11.9. The highest BCUT2D eigenvalue weighted by molar-refractivity contribution is 5.94. The van der Waals surface area contributed by atoms with E-state index in [0.29, 0.717) is 0 Å². The van der Waals surface area contributed by atoms with E-state index in [1.54, 1.807) is 0 Å². The van der Waals surface area contributed by atoms with Gasteiger partial charge in [-0.05, 0) is 23.3 Å². The minimum absolute atomic E-state index is 1.10. The van der Waals surface area contributed by atoms with Crippen molar-refractivity contribution in [1.82, 2.24) is 9.97 Å². The van der Waals surface area contributed by atoms with Crippen LogP contribution in [0.1, 0.15) is 22.4 Å². The van der Waals surface area contributed by atoms with Gasteiger partial charge in [-0.3, -0.25) is 0 Å². The van der Waals surface area contributed by atoms with E-state index >= 15 is 0 Å². The number of nitrogens with one attached hydrogen (secondary N) is 2.